The summed E-state index contributed by atoms with van der Waals surface area (Å²) in [6.07, 6.45) is 18.4. The molecule has 0 bridgehead atoms. The fourth-order valence-corrected chi connectivity index (χ4v) is 3.21. The molecule has 4 heteroatoms. The first-order chi connectivity index (χ1) is 13.1. The van der Waals surface area contributed by atoms with E-state index in [4.69, 9.17) is 9.47 Å². The van der Waals surface area contributed by atoms with E-state index in [-0.39, 0.29) is 5.97 Å². The third-order valence-electron chi connectivity index (χ3n) is 4.87. The molecule has 0 radical (unpaired) electrons. The first-order valence-electron chi connectivity index (χ1n) is 10.7. The van der Waals surface area contributed by atoms with E-state index in [1.165, 1.54) is 70.1 Å². The molecular weight excluding hydrogens is 340 g/mol. The summed E-state index contributed by atoms with van der Waals surface area (Å²) in [6, 6.07) is 0. The summed E-state index contributed by atoms with van der Waals surface area (Å²) in [4.78, 5) is 22.7. The predicted octanol–water partition coefficient (Wildman–Crippen LogP) is 6.50. The lowest BCUT2D eigenvalue weighted by Gasteiger charge is -2.16. The van der Waals surface area contributed by atoms with Crippen LogP contribution in [0.4, 0.5) is 0 Å². The van der Waals surface area contributed by atoms with Gasteiger partial charge in [0.1, 0.15) is 0 Å². The summed E-state index contributed by atoms with van der Waals surface area (Å²) in [5, 5.41) is 0. The van der Waals surface area contributed by atoms with Crippen molar-refractivity contribution in [1.29, 1.82) is 0 Å². The number of hydrogen-bond acceptors (Lipinski definition) is 4. The third-order valence-corrected chi connectivity index (χ3v) is 4.87. The Morgan fingerprint density at radius 2 is 1.44 bits per heavy atom. The SMILES string of the molecule is C=COC(=O)CCC(CCCCCCCCCCCC)CCOC(=O)C=C. The maximum Gasteiger partial charge on any atom is 0.330 e. The molecule has 156 valence electrons. The molecule has 1 unspecified atom stereocenters. The number of rotatable bonds is 19. The fourth-order valence-electron chi connectivity index (χ4n) is 3.21. The number of unbranched alkanes of at least 4 members (excludes halogenated alkanes) is 9. The zero-order chi connectivity index (χ0) is 20.2. The number of hydrogen-bond donors (Lipinski definition) is 0. The molecule has 0 saturated carbocycles. The van der Waals surface area contributed by atoms with Gasteiger partial charge in [-0.25, -0.2) is 4.79 Å². The van der Waals surface area contributed by atoms with Crippen molar-refractivity contribution in [3.05, 3.63) is 25.5 Å². The van der Waals surface area contributed by atoms with Gasteiger partial charge in [0.2, 0.25) is 0 Å². The summed E-state index contributed by atoms with van der Waals surface area (Å²) in [7, 11) is 0. The minimum atomic E-state index is -0.390. The highest BCUT2D eigenvalue weighted by Gasteiger charge is 2.13. The molecule has 0 aromatic heterocycles. The lowest BCUT2D eigenvalue weighted by Crippen LogP contribution is -2.11. The van der Waals surface area contributed by atoms with Crippen molar-refractivity contribution in [2.75, 3.05) is 6.61 Å². The van der Waals surface area contributed by atoms with E-state index < -0.39 is 5.97 Å². The van der Waals surface area contributed by atoms with Crippen LogP contribution in [-0.4, -0.2) is 18.5 Å². The maximum atomic E-state index is 11.5. The lowest BCUT2D eigenvalue weighted by atomic mass is 9.93. The molecule has 0 aliphatic carbocycles. The topological polar surface area (TPSA) is 52.6 Å². The molecule has 0 aromatic rings. The van der Waals surface area contributed by atoms with Crippen molar-refractivity contribution in [2.24, 2.45) is 5.92 Å². The van der Waals surface area contributed by atoms with E-state index in [1.807, 2.05) is 0 Å². The van der Waals surface area contributed by atoms with Crippen LogP contribution in [0, 0.1) is 5.92 Å². The molecule has 0 aliphatic heterocycles. The smallest absolute Gasteiger partial charge is 0.330 e. The van der Waals surface area contributed by atoms with Gasteiger partial charge < -0.3 is 9.47 Å². The van der Waals surface area contributed by atoms with Gasteiger partial charge in [-0.3, -0.25) is 4.79 Å². The normalized spacial score (nSPS) is 11.6. The standard InChI is InChI=1S/C23H40O4/c1-4-7-8-9-10-11-12-13-14-15-16-21(17-18-23(25)26-6-3)19-20-27-22(24)5-2/h5-6,21H,2-4,7-20H2,1H3. The number of carbonyl (C=O) groups excluding carboxylic acids is 2. The molecule has 0 amide bonds. The molecule has 0 N–H and O–H groups in total. The molecule has 0 heterocycles. The van der Waals surface area contributed by atoms with Crippen molar-refractivity contribution in [3.8, 4) is 0 Å². The molecule has 0 fully saturated rings. The second-order valence-electron chi connectivity index (χ2n) is 7.19. The summed E-state index contributed by atoms with van der Waals surface area (Å²) >= 11 is 0. The van der Waals surface area contributed by atoms with Crippen LogP contribution in [0.15, 0.2) is 25.5 Å². The molecular formula is C23H40O4. The summed E-state index contributed by atoms with van der Waals surface area (Å²) in [5.41, 5.74) is 0. The first kappa shape index (κ1) is 25.4. The molecule has 0 aromatic carbocycles. The van der Waals surface area contributed by atoms with Crippen molar-refractivity contribution >= 4 is 11.9 Å². The Morgan fingerprint density at radius 3 is 2.00 bits per heavy atom. The second-order valence-corrected chi connectivity index (χ2v) is 7.19. The fraction of sp³-hybridized carbons (Fsp3) is 0.739. The van der Waals surface area contributed by atoms with Crippen LogP contribution in [-0.2, 0) is 19.1 Å². The zero-order valence-corrected chi connectivity index (χ0v) is 17.4. The molecule has 0 rings (SSSR count). The van der Waals surface area contributed by atoms with E-state index in [1.54, 1.807) is 0 Å². The minimum absolute atomic E-state index is 0.249. The van der Waals surface area contributed by atoms with Gasteiger partial charge in [0, 0.05) is 12.5 Å². The van der Waals surface area contributed by atoms with Gasteiger partial charge in [-0.1, -0.05) is 90.7 Å². The largest absolute Gasteiger partial charge is 0.463 e. The van der Waals surface area contributed by atoms with Crippen LogP contribution in [0.25, 0.3) is 0 Å². The zero-order valence-electron chi connectivity index (χ0n) is 17.4. The monoisotopic (exact) mass is 380 g/mol. The Morgan fingerprint density at radius 1 is 0.852 bits per heavy atom. The first-order valence-corrected chi connectivity index (χ1v) is 10.7. The van der Waals surface area contributed by atoms with Gasteiger partial charge in [-0.2, -0.15) is 0 Å². The Hall–Kier alpha value is -1.58. The van der Waals surface area contributed by atoms with Crippen LogP contribution in [0.1, 0.15) is 96.8 Å². The summed E-state index contributed by atoms with van der Waals surface area (Å²) in [6.45, 7) is 9.43. The Bertz CT molecular complexity index is 403. The van der Waals surface area contributed by atoms with Gasteiger partial charge in [0.25, 0.3) is 0 Å². The van der Waals surface area contributed by atoms with E-state index in [0.29, 0.717) is 18.9 Å². The van der Waals surface area contributed by atoms with Crippen molar-refractivity contribution in [3.63, 3.8) is 0 Å². The van der Waals surface area contributed by atoms with Crippen LogP contribution < -0.4 is 0 Å². The van der Waals surface area contributed by atoms with E-state index in [0.717, 1.165) is 25.7 Å². The van der Waals surface area contributed by atoms with E-state index in [2.05, 4.69) is 20.1 Å². The van der Waals surface area contributed by atoms with Gasteiger partial charge in [-0.05, 0) is 18.8 Å². The van der Waals surface area contributed by atoms with Crippen molar-refractivity contribution in [1.82, 2.24) is 0 Å². The number of esters is 2. The molecule has 0 aliphatic rings. The third kappa shape index (κ3) is 17.6. The summed E-state index contributed by atoms with van der Waals surface area (Å²) in [5.74, 6) is -0.270. The van der Waals surface area contributed by atoms with Gasteiger partial charge in [-0.15, -0.1) is 0 Å². The average molecular weight is 381 g/mol. The second kappa shape index (κ2) is 19.2. The van der Waals surface area contributed by atoms with E-state index in [9.17, 15) is 9.59 Å². The average Bonchev–Trinajstić information content (AvgIpc) is 2.66. The van der Waals surface area contributed by atoms with Gasteiger partial charge in [0.05, 0.1) is 12.9 Å². The highest BCUT2D eigenvalue weighted by molar-refractivity contribution is 5.81. The number of ether oxygens (including phenoxy) is 2. The van der Waals surface area contributed by atoms with Crippen LogP contribution in [0.5, 0.6) is 0 Å². The molecule has 0 saturated heterocycles. The highest BCUT2D eigenvalue weighted by Crippen LogP contribution is 2.21. The van der Waals surface area contributed by atoms with E-state index >= 15 is 0 Å². The Balaban J connectivity index is 3.90. The Labute approximate surface area is 166 Å². The molecule has 4 nitrogen and oxygen atoms in total. The molecule has 27 heavy (non-hydrogen) atoms. The molecule has 1 atom stereocenters. The Kier molecular flexibility index (Phi) is 18.1. The quantitative estimate of drug-likeness (QED) is 0.111. The molecule has 0 spiro atoms. The van der Waals surface area contributed by atoms with Crippen molar-refractivity contribution < 1.29 is 19.1 Å². The van der Waals surface area contributed by atoms with Crippen LogP contribution in [0.3, 0.4) is 0 Å². The van der Waals surface area contributed by atoms with Crippen LogP contribution >= 0.6 is 0 Å². The minimum Gasteiger partial charge on any atom is -0.463 e. The van der Waals surface area contributed by atoms with Gasteiger partial charge in [0.15, 0.2) is 0 Å². The maximum absolute atomic E-state index is 11.5. The predicted molar refractivity (Wildman–Crippen MR) is 111 cm³/mol. The van der Waals surface area contributed by atoms with Crippen molar-refractivity contribution in [2.45, 2.75) is 96.8 Å². The van der Waals surface area contributed by atoms with Gasteiger partial charge >= 0.3 is 11.9 Å². The van der Waals surface area contributed by atoms with Crippen LogP contribution in [0.2, 0.25) is 0 Å². The summed E-state index contributed by atoms with van der Waals surface area (Å²) < 4.78 is 9.87. The number of carbonyl (C=O) groups is 2. The highest BCUT2D eigenvalue weighted by atomic mass is 16.5. The lowest BCUT2D eigenvalue weighted by molar-refractivity contribution is -0.140.